The van der Waals surface area contributed by atoms with E-state index >= 15 is 0 Å². The molecule has 0 radical (unpaired) electrons. The number of hydrogen-bond acceptors (Lipinski definition) is 3. The molecular formula is C9H17NO2. The van der Waals surface area contributed by atoms with Crippen LogP contribution in [0.5, 0.6) is 0 Å². The van der Waals surface area contributed by atoms with Crippen molar-refractivity contribution >= 4 is 5.97 Å². The van der Waals surface area contributed by atoms with Crippen LogP contribution in [0.3, 0.4) is 0 Å². The van der Waals surface area contributed by atoms with Gasteiger partial charge in [-0.1, -0.05) is 13.8 Å². The lowest BCUT2D eigenvalue weighted by molar-refractivity contribution is -0.141. The van der Waals surface area contributed by atoms with Crippen molar-refractivity contribution in [3.8, 4) is 0 Å². The molecule has 0 aromatic rings. The van der Waals surface area contributed by atoms with Crippen molar-refractivity contribution in [1.82, 2.24) is 0 Å². The summed E-state index contributed by atoms with van der Waals surface area (Å²) >= 11 is 0. The Balaban J connectivity index is 2.39. The van der Waals surface area contributed by atoms with Crippen molar-refractivity contribution in [1.29, 1.82) is 0 Å². The molecule has 0 heterocycles. The van der Waals surface area contributed by atoms with Gasteiger partial charge in [-0.15, -0.1) is 0 Å². The molecular weight excluding hydrogens is 154 g/mol. The van der Waals surface area contributed by atoms with Gasteiger partial charge in [0.2, 0.25) is 0 Å². The first-order valence-electron chi connectivity index (χ1n) is 4.33. The maximum atomic E-state index is 10.9. The molecule has 2 N–H and O–H groups in total. The van der Waals surface area contributed by atoms with Crippen molar-refractivity contribution in [3.05, 3.63) is 0 Å². The molecule has 0 aromatic carbocycles. The molecule has 0 saturated heterocycles. The first-order valence-corrected chi connectivity index (χ1v) is 4.33. The van der Waals surface area contributed by atoms with Crippen molar-refractivity contribution in [2.45, 2.75) is 32.7 Å². The largest absolute Gasteiger partial charge is 0.469 e. The Morgan fingerprint density at radius 2 is 2.33 bits per heavy atom. The number of methoxy groups -OCH3 is 1. The number of carbonyl (C=O) groups excluding carboxylic acids is 1. The number of rotatable bonds is 3. The van der Waals surface area contributed by atoms with Crippen molar-refractivity contribution in [2.24, 2.45) is 17.1 Å². The van der Waals surface area contributed by atoms with Crippen LogP contribution in [-0.4, -0.2) is 19.1 Å². The number of carbonyl (C=O) groups is 1. The molecule has 12 heavy (non-hydrogen) atoms. The van der Waals surface area contributed by atoms with Gasteiger partial charge in [-0.05, 0) is 17.8 Å². The molecule has 3 atom stereocenters. The fourth-order valence-electron chi connectivity index (χ4n) is 1.61. The maximum absolute atomic E-state index is 10.9. The van der Waals surface area contributed by atoms with Crippen LogP contribution in [0.1, 0.15) is 26.7 Å². The van der Waals surface area contributed by atoms with Crippen LogP contribution >= 0.6 is 0 Å². The summed E-state index contributed by atoms with van der Waals surface area (Å²) in [4.78, 5) is 10.9. The average Bonchev–Trinajstić information content (AvgIpc) is 2.61. The summed E-state index contributed by atoms with van der Waals surface area (Å²) in [6.07, 6.45) is 1.47. The predicted molar refractivity (Wildman–Crippen MR) is 46.5 cm³/mol. The highest BCUT2D eigenvalue weighted by Gasteiger charge is 2.51. The Kier molecular flexibility index (Phi) is 2.42. The average molecular weight is 171 g/mol. The molecule has 0 bridgehead atoms. The smallest absolute Gasteiger partial charge is 0.307 e. The molecule has 70 valence electrons. The van der Waals surface area contributed by atoms with E-state index in [-0.39, 0.29) is 17.4 Å². The van der Waals surface area contributed by atoms with Crippen LogP contribution < -0.4 is 5.73 Å². The predicted octanol–water partition coefficient (Wildman–Crippen LogP) is 0.923. The molecule has 3 nitrogen and oxygen atoms in total. The minimum atomic E-state index is -0.206. The van der Waals surface area contributed by atoms with Gasteiger partial charge in [0.1, 0.15) is 0 Å². The lowest BCUT2D eigenvalue weighted by Crippen LogP contribution is -2.33. The van der Waals surface area contributed by atoms with E-state index in [1.807, 2.05) is 0 Å². The number of hydrogen-bond donors (Lipinski definition) is 1. The van der Waals surface area contributed by atoms with Crippen molar-refractivity contribution in [3.63, 3.8) is 0 Å². The third-order valence-corrected chi connectivity index (χ3v) is 3.17. The Hall–Kier alpha value is -0.570. The van der Waals surface area contributed by atoms with E-state index in [4.69, 9.17) is 5.73 Å². The monoisotopic (exact) mass is 171 g/mol. The minimum Gasteiger partial charge on any atom is -0.469 e. The van der Waals surface area contributed by atoms with Gasteiger partial charge >= 0.3 is 5.97 Å². The highest BCUT2D eigenvalue weighted by atomic mass is 16.5. The van der Waals surface area contributed by atoms with Gasteiger partial charge in [-0.2, -0.15) is 0 Å². The lowest BCUT2D eigenvalue weighted by Gasteiger charge is -2.18. The van der Waals surface area contributed by atoms with E-state index in [0.29, 0.717) is 12.3 Å². The van der Waals surface area contributed by atoms with Gasteiger partial charge in [-0.3, -0.25) is 4.79 Å². The molecule has 0 spiro atoms. The first kappa shape index (κ1) is 9.52. The second-order valence-corrected chi connectivity index (χ2v) is 4.00. The zero-order valence-electron chi connectivity index (χ0n) is 7.96. The van der Waals surface area contributed by atoms with E-state index in [2.05, 4.69) is 18.6 Å². The standard InChI is InChI=1S/C9H17NO2/c1-6-5-9(6,2)7(10)4-8(11)12-3/h6-7H,4-5,10H2,1-3H3. The minimum absolute atomic E-state index is 0.0417. The summed E-state index contributed by atoms with van der Waals surface area (Å²) in [6, 6.07) is -0.0417. The molecule has 1 rings (SSSR count). The van der Waals surface area contributed by atoms with Gasteiger partial charge in [0.05, 0.1) is 13.5 Å². The Morgan fingerprint density at radius 1 is 1.83 bits per heavy atom. The van der Waals surface area contributed by atoms with E-state index < -0.39 is 0 Å². The molecule has 0 aromatic heterocycles. The fourth-order valence-corrected chi connectivity index (χ4v) is 1.61. The quantitative estimate of drug-likeness (QED) is 0.642. The normalized spacial score (nSPS) is 35.8. The fraction of sp³-hybridized carbons (Fsp3) is 0.889. The van der Waals surface area contributed by atoms with Crippen LogP contribution in [0, 0.1) is 11.3 Å². The molecule has 3 heteroatoms. The van der Waals surface area contributed by atoms with Gasteiger partial charge in [0, 0.05) is 6.04 Å². The zero-order valence-corrected chi connectivity index (χ0v) is 7.96. The lowest BCUT2D eigenvalue weighted by atomic mass is 9.94. The third kappa shape index (κ3) is 1.61. The molecule has 0 aliphatic heterocycles. The third-order valence-electron chi connectivity index (χ3n) is 3.17. The van der Waals surface area contributed by atoms with Crippen molar-refractivity contribution < 1.29 is 9.53 Å². The SMILES string of the molecule is COC(=O)CC(N)C1(C)CC1C. The van der Waals surface area contributed by atoms with Crippen LogP contribution in [-0.2, 0) is 9.53 Å². The molecule has 0 amide bonds. The summed E-state index contributed by atoms with van der Waals surface area (Å²) in [5, 5.41) is 0. The summed E-state index contributed by atoms with van der Waals surface area (Å²) in [6.45, 7) is 4.29. The second-order valence-electron chi connectivity index (χ2n) is 4.00. The van der Waals surface area contributed by atoms with E-state index in [9.17, 15) is 4.79 Å². The molecule has 1 aliphatic rings. The van der Waals surface area contributed by atoms with E-state index in [1.54, 1.807) is 0 Å². The molecule has 1 aliphatic carbocycles. The van der Waals surface area contributed by atoms with Gasteiger partial charge in [0.15, 0.2) is 0 Å². The summed E-state index contributed by atoms with van der Waals surface area (Å²) < 4.78 is 4.56. The van der Waals surface area contributed by atoms with E-state index in [1.165, 1.54) is 7.11 Å². The Morgan fingerprint density at radius 3 is 2.67 bits per heavy atom. The van der Waals surface area contributed by atoms with Crippen LogP contribution in [0.25, 0.3) is 0 Å². The second kappa shape index (κ2) is 3.05. The van der Waals surface area contributed by atoms with E-state index in [0.717, 1.165) is 6.42 Å². The maximum Gasteiger partial charge on any atom is 0.307 e. The highest BCUT2D eigenvalue weighted by molar-refractivity contribution is 5.70. The zero-order chi connectivity index (χ0) is 9.35. The van der Waals surface area contributed by atoms with Crippen LogP contribution in [0.2, 0.25) is 0 Å². The molecule has 1 fully saturated rings. The summed E-state index contributed by atoms with van der Waals surface area (Å²) in [5.74, 6) is 0.444. The molecule has 1 saturated carbocycles. The van der Waals surface area contributed by atoms with Gasteiger partial charge in [0.25, 0.3) is 0 Å². The van der Waals surface area contributed by atoms with Gasteiger partial charge in [-0.25, -0.2) is 0 Å². The molecule has 3 unspecified atom stereocenters. The van der Waals surface area contributed by atoms with Crippen LogP contribution in [0.15, 0.2) is 0 Å². The highest BCUT2D eigenvalue weighted by Crippen LogP contribution is 2.54. The van der Waals surface area contributed by atoms with Crippen molar-refractivity contribution in [2.75, 3.05) is 7.11 Å². The summed E-state index contributed by atoms with van der Waals surface area (Å²) in [5.41, 5.74) is 6.05. The Labute approximate surface area is 73.3 Å². The first-order chi connectivity index (χ1) is 5.50. The van der Waals surface area contributed by atoms with Gasteiger partial charge < -0.3 is 10.5 Å². The summed E-state index contributed by atoms with van der Waals surface area (Å²) in [7, 11) is 1.40. The van der Waals surface area contributed by atoms with Crippen LogP contribution in [0.4, 0.5) is 0 Å². The number of esters is 1. The number of ether oxygens (including phenoxy) is 1. The number of nitrogens with two attached hydrogens (primary N) is 1. The topological polar surface area (TPSA) is 52.3 Å². The Bertz CT molecular complexity index is 193.